The summed E-state index contributed by atoms with van der Waals surface area (Å²) in [6.07, 6.45) is 0. The van der Waals surface area contributed by atoms with Crippen molar-refractivity contribution in [3.05, 3.63) is 21.6 Å². The summed E-state index contributed by atoms with van der Waals surface area (Å²) in [7, 11) is -2.39. The minimum absolute atomic E-state index is 0.0114. The molecule has 0 N–H and O–H groups in total. The van der Waals surface area contributed by atoms with Gasteiger partial charge >= 0.3 is 6.03 Å². The second kappa shape index (κ2) is 8.52. The molecule has 0 saturated carbocycles. The Morgan fingerprint density at radius 1 is 1.11 bits per heavy atom. The van der Waals surface area contributed by atoms with Gasteiger partial charge in [-0.1, -0.05) is 11.6 Å². The molecule has 0 bridgehead atoms. The number of methoxy groups -OCH3 is 1. The molecule has 2 fully saturated rings. The number of hydrogen-bond acceptors (Lipinski definition) is 5. The van der Waals surface area contributed by atoms with E-state index >= 15 is 0 Å². The smallest absolute Gasteiger partial charge is 0.320 e. The van der Waals surface area contributed by atoms with Crippen LogP contribution in [-0.2, 0) is 14.8 Å². The van der Waals surface area contributed by atoms with E-state index in [1.165, 1.54) is 17.5 Å². The van der Waals surface area contributed by atoms with Crippen LogP contribution in [0.3, 0.4) is 0 Å². The summed E-state index contributed by atoms with van der Waals surface area (Å²) < 4.78 is 38.5. The Hall–Kier alpha value is -1.07. The molecular formula is C16H21BrClN3O5S. The first-order chi connectivity index (χ1) is 12.8. The molecule has 2 aliphatic rings. The van der Waals surface area contributed by atoms with Gasteiger partial charge in [-0.15, -0.1) is 0 Å². The number of amides is 2. The molecule has 0 aromatic heterocycles. The fraction of sp³-hybridized carbons (Fsp3) is 0.562. The van der Waals surface area contributed by atoms with Crippen LogP contribution in [0.5, 0.6) is 5.75 Å². The lowest BCUT2D eigenvalue weighted by Gasteiger charge is -2.38. The quantitative estimate of drug-likeness (QED) is 0.657. The summed E-state index contributed by atoms with van der Waals surface area (Å²) in [5, 5.41) is 0.294. The molecule has 0 spiro atoms. The zero-order valence-corrected chi connectivity index (χ0v) is 18.0. The first-order valence-corrected chi connectivity index (χ1v) is 11.1. The Kier molecular flexibility index (Phi) is 6.52. The van der Waals surface area contributed by atoms with Gasteiger partial charge in [0.25, 0.3) is 0 Å². The number of carbonyl (C=O) groups excluding carboxylic acids is 1. The standard InChI is InChI=1S/C16H21BrClN3O5S/c1-25-15-13(17)10-12(18)11-14(15)27(23,24)21-4-2-19(3-5-21)16(22)20-6-8-26-9-7-20/h10-11H,2-9H2,1H3. The van der Waals surface area contributed by atoms with Crippen molar-refractivity contribution in [1.82, 2.24) is 14.1 Å². The summed E-state index contributed by atoms with van der Waals surface area (Å²) in [5.74, 6) is 0.214. The van der Waals surface area contributed by atoms with Crippen LogP contribution in [0.4, 0.5) is 4.79 Å². The van der Waals surface area contributed by atoms with Crippen molar-refractivity contribution in [2.24, 2.45) is 0 Å². The van der Waals surface area contributed by atoms with Gasteiger partial charge in [0.05, 0.1) is 24.8 Å². The fourth-order valence-corrected chi connectivity index (χ4v) is 5.93. The number of nitrogens with zero attached hydrogens (tertiary/aromatic N) is 3. The van der Waals surface area contributed by atoms with Crippen LogP contribution in [0.2, 0.25) is 5.02 Å². The minimum atomic E-state index is -3.80. The lowest BCUT2D eigenvalue weighted by molar-refractivity contribution is 0.0405. The van der Waals surface area contributed by atoms with Gasteiger partial charge in [-0.05, 0) is 28.1 Å². The third kappa shape index (κ3) is 4.34. The van der Waals surface area contributed by atoms with E-state index in [0.717, 1.165) is 0 Å². The van der Waals surface area contributed by atoms with Gasteiger partial charge in [0.15, 0.2) is 5.75 Å². The maximum Gasteiger partial charge on any atom is 0.320 e. The van der Waals surface area contributed by atoms with Crippen molar-refractivity contribution in [3.63, 3.8) is 0 Å². The lowest BCUT2D eigenvalue weighted by Crippen LogP contribution is -2.55. The molecule has 0 atom stereocenters. The van der Waals surface area contributed by atoms with Crippen molar-refractivity contribution < 1.29 is 22.7 Å². The average molecular weight is 483 g/mol. The van der Waals surface area contributed by atoms with E-state index in [1.54, 1.807) is 15.9 Å². The second-order valence-corrected chi connectivity index (χ2v) is 9.39. The first-order valence-electron chi connectivity index (χ1n) is 8.49. The number of morpholine rings is 1. The average Bonchev–Trinajstić information content (AvgIpc) is 2.67. The molecule has 1 aromatic rings. The van der Waals surface area contributed by atoms with Gasteiger partial charge < -0.3 is 19.3 Å². The number of sulfonamides is 1. The van der Waals surface area contributed by atoms with Crippen LogP contribution in [0, 0.1) is 0 Å². The number of urea groups is 1. The van der Waals surface area contributed by atoms with Crippen molar-refractivity contribution >= 4 is 43.6 Å². The lowest BCUT2D eigenvalue weighted by atomic mass is 10.3. The number of hydrogen-bond donors (Lipinski definition) is 0. The maximum absolute atomic E-state index is 13.1. The Balaban J connectivity index is 1.73. The molecule has 27 heavy (non-hydrogen) atoms. The Morgan fingerprint density at radius 2 is 1.70 bits per heavy atom. The van der Waals surface area contributed by atoms with Crippen LogP contribution in [0.1, 0.15) is 0 Å². The highest BCUT2D eigenvalue weighted by Gasteiger charge is 2.34. The van der Waals surface area contributed by atoms with E-state index in [4.69, 9.17) is 21.1 Å². The van der Waals surface area contributed by atoms with E-state index in [-0.39, 0.29) is 29.8 Å². The summed E-state index contributed by atoms with van der Waals surface area (Å²) in [5.41, 5.74) is 0. The van der Waals surface area contributed by atoms with Gasteiger partial charge in [0.2, 0.25) is 10.0 Å². The highest BCUT2D eigenvalue weighted by Crippen LogP contribution is 2.37. The van der Waals surface area contributed by atoms with E-state index in [2.05, 4.69) is 15.9 Å². The molecular weight excluding hydrogens is 462 g/mol. The van der Waals surface area contributed by atoms with Crippen molar-refractivity contribution in [3.8, 4) is 5.75 Å². The number of halogens is 2. The number of piperazine rings is 1. The van der Waals surface area contributed by atoms with Gasteiger partial charge in [-0.3, -0.25) is 0 Å². The number of benzene rings is 1. The van der Waals surface area contributed by atoms with Gasteiger partial charge in [0.1, 0.15) is 4.90 Å². The second-order valence-electron chi connectivity index (χ2n) is 6.19. The van der Waals surface area contributed by atoms with Crippen LogP contribution in [0.15, 0.2) is 21.5 Å². The number of carbonyl (C=O) groups is 1. The van der Waals surface area contributed by atoms with Crippen molar-refractivity contribution in [2.45, 2.75) is 4.90 Å². The highest BCUT2D eigenvalue weighted by molar-refractivity contribution is 9.10. The van der Waals surface area contributed by atoms with E-state index in [0.29, 0.717) is 48.9 Å². The SMILES string of the molecule is COc1c(Br)cc(Cl)cc1S(=O)(=O)N1CCN(C(=O)N2CCOCC2)CC1. The zero-order valence-electron chi connectivity index (χ0n) is 14.9. The molecule has 2 aliphatic heterocycles. The Labute approximate surface area is 172 Å². The van der Waals surface area contributed by atoms with Crippen LogP contribution in [0.25, 0.3) is 0 Å². The Bertz CT molecular complexity index is 809. The topological polar surface area (TPSA) is 79.4 Å². The highest BCUT2D eigenvalue weighted by atomic mass is 79.9. The van der Waals surface area contributed by atoms with Crippen LogP contribution >= 0.6 is 27.5 Å². The fourth-order valence-electron chi connectivity index (χ4n) is 3.14. The monoisotopic (exact) mass is 481 g/mol. The third-order valence-corrected chi connectivity index (χ3v) is 7.30. The molecule has 2 saturated heterocycles. The molecule has 3 rings (SSSR count). The molecule has 150 valence electrons. The van der Waals surface area contributed by atoms with Crippen molar-refractivity contribution in [1.29, 1.82) is 0 Å². The molecule has 11 heteroatoms. The van der Waals surface area contributed by atoms with E-state index in [9.17, 15) is 13.2 Å². The van der Waals surface area contributed by atoms with Gasteiger partial charge in [-0.25, -0.2) is 13.2 Å². The molecule has 1 aromatic carbocycles. The van der Waals surface area contributed by atoms with Gasteiger partial charge in [0, 0.05) is 44.3 Å². The maximum atomic E-state index is 13.1. The predicted octanol–water partition coefficient (Wildman–Crippen LogP) is 1.87. The third-order valence-electron chi connectivity index (χ3n) is 4.59. The minimum Gasteiger partial charge on any atom is -0.494 e. The predicted molar refractivity (Wildman–Crippen MR) is 104 cm³/mol. The first kappa shape index (κ1) is 20.7. The summed E-state index contributed by atoms with van der Waals surface area (Å²) in [6, 6.07) is 2.89. The molecule has 0 aliphatic carbocycles. The van der Waals surface area contributed by atoms with Crippen LogP contribution < -0.4 is 4.74 Å². The van der Waals surface area contributed by atoms with E-state index in [1.807, 2.05) is 0 Å². The van der Waals surface area contributed by atoms with Crippen molar-refractivity contribution in [2.75, 3.05) is 59.6 Å². The van der Waals surface area contributed by atoms with Crippen LogP contribution in [-0.4, -0.2) is 88.1 Å². The van der Waals surface area contributed by atoms with E-state index < -0.39 is 10.0 Å². The zero-order chi connectivity index (χ0) is 19.6. The summed E-state index contributed by atoms with van der Waals surface area (Å²) in [4.78, 5) is 16.0. The Morgan fingerprint density at radius 3 is 2.30 bits per heavy atom. The molecule has 2 heterocycles. The number of ether oxygens (including phenoxy) is 2. The summed E-state index contributed by atoms with van der Waals surface area (Å²) in [6.45, 7) is 3.28. The molecule has 2 amide bonds. The number of rotatable bonds is 3. The van der Waals surface area contributed by atoms with Gasteiger partial charge in [-0.2, -0.15) is 4.31 Å². The molecule has 8 nitrogen and oxygen atoms in total. The molecule has 0 radical (unpaired) electrons. The normalized spacial score (nSPS) is 19.2. The largest absolute Gasteiger partial charge is 0.494 e. The summed E-state index contributed by atoms with van der Waals surface area (Å²) >= 11 is 9.32. The molecule has 0 unspecified atom stereocenters.